The SMILES string of the molecule is CCOC(=O)CCCCn1ccc(/C=C2\CN(C(C(=O)C3CC3)c3ccccc3F)CCC2S)n1.Cl. The Bertz CT molecular complexity index is 1070. The van der Waals surface area contributed by atoms with Gasteiger partial charge in [0.2, 0.25) is 0 Å². The van der Waals surface area contributed by atoms with E-state index >= 15 is 0 Å². The predicted octanol–water partition coefficient (Wildman–Crippen LogP) is 5.29. The fraction of sp³-hybridized carbons (Fsp3) is 0.519. The molecule has 0 bridgehead atoms. The number of hydrogen-bond acceptors (Lipinski definition) is 6. The molecule has 2 atom stereocenters. The van der Waals surface area contributed by atoms with E-state index in [1.807, 2.05) is 29.9 Å². The summed E-state index contributed by atoms with van der Waals surface area (Å²) < 4.78 is 21.6. The van der Waals surface area contributed by atoms with Crippen molar-refractivity contribution in [1.29, 1.82) is 0 Å². The number of carbonyl (C=O) groups is 2. The van der Waals surface area contributed by atoms with E-state index in [0.717, 1.165) is 49.9 Å². The maximum Gasteiger partial charge on any atom is 0.305 e. The average Bonchev–Trinajstić information content (AvgIpc) is 3.60. The summed E-state index contributed by atoms with van der Waals surface area (Å²) in [5.74, 6) is -0.319. The zero-order valence-corrected chi connectivity index (χ0v) is 22.4. The predicted molar refractivity (Wildman–Crippen MR) is 144 cm³/mol. The Kier molecular flexibility index (Phi) is 10.6. The molecule has 2 aromatic rings. The first-order valence-corrected chi connectivity index (χ1v) is 13.1. The van der Waals surface area contributed by atoms with E-state index in [4.69, 9.17) is 17.4 Å². The summed E-state index contributed by atoms with van der Waals surface area (Å²) in [4.78, 5) is 26.8. The van der Waals surface area contributed by atoms with E-state index in [0.29, 0.717) is 31.7 Å². The van der Waals surface area contributed by atoms with Crippen molar-refractivity contribution >= 4 is 42.9 Å². The lowest BCUT2D eigenvalue weighted by molar-refractivity contribution is -0.143. The molecule has 1 aromatic heterocycles. The molecule has 4 rings (SSSR count). The van der Waals surface area contributed by atoms with Gasteiger partial charge in [0.25, 0.3) is 0 Å². The number of aromatic nitrogens is 2. The van der Waals surface area contributed by atoms with Crippen LogP contribution in [-0.4, -0.2) is 51.4 Å². The van der Waals surface area contributed by atoms with Crippen LogP contribution < -0.4 is 0 Å². The van der Waals surface area contributed by atoms with Crippen molar-refractivity contribution in [3.63, 3.8) is 0 Å². The number of carbonyl (C=O) groups excluding carboxylic acids is 2. The Hall–Kier alpha value is -2.16. The molecular weight excluding hydrogens is 501 g/mol. The van der Waals surface area contributed by atoms with Crippen LogP contribution in [0.1, 0.15) is 62.7 Å². The van der Waals surface area contributed by atoms with Crippen LogP contribution in [0.2, 0.25) is 0 Å². The zero-order chi connectivity index (χ0) is 24.8. The van der Waals surface area contributed by atoms with E-state index < -0.39 is 6.04 Å². The molecule has 0 spiro atoms. The van der Waals surface area contributed by atoms with Gasteiger partial charge >= 0.3 is 5.97 Å². The van der Waals surface area contributed by atoms with Gasteiger partial charge in [0, 0.05) is 49.0 Å². The number of aryl methyl sites for hydroxylation is 1. The fourth-order valence-electron chi connectivity index (χ4n) is 4.62. The molecular formula is C27H35ClFN3O3S. The smallest absolute Gasteiger partial charge is 0.305 e. The average molecular weight is 536 g/mol. The van der Waals surface area contributed by atoms with Gasteiger partial charge in [-0.25, -0.2) is 4.39 Å². The van der Waals surface area contributed by atoms with E-state index in [1.54, 1.807) is 18.2 Å². The van der Waals surface area contributed by atoms with Crippen LogP contribution in [0.4, 0.5) is 4.39 Å². The number of nitrogens with zero attached hydrogens (tertiary/aromatic N) is 3. The van der Waals surface area contributed by atoms with Crippen LogP contribution in [0, 0.1) is 11.7 Å². The van der Waals surface area contributed by atoms with Crippen molar-refractivity contribution in [1.82, 2.24) is 14.7 Å². The van der Waals surface area contributed by atoms with Gasteiger partial charge in [-0.3, -0.25) is 19.2 Å². The molecule has 36 heavy (non-hydrogen) atoms. The molecule has 0 radical (unpaired) electrons. The van der Waals surface area contributed by atoms with Gasteiger partial charge in [-0.2, -0.15) is 17.7 Å². The van der Waals surface area contributed by atoms with Crippen LogP contribution in [0.25, 0.3) is 6.08 Å². The first kappa shape index (κ1) is 28.4. The molecule has 1 aliphatic carbocycles. The van der Waals surface area contributed by atoms with E-state index in [9.17, 15) is 14.0 Å². The van der Waals surface area contributed by atoms with Crippen LogP contribution in [0.5, 0.6) is 0 Å². The number of ether oxygens (including phenoxy) is 1. The van der Waals surface area contributed by atoms with Crippen molar-refractivity contribution in [2.24, 2.45) is 5.92 Å². The number of benzene rings is 1. The lowest BCUT2D eigenvalue weighted by Gasteiger charge is -2.37. The molecule has 196 valence electrons. The van der Waals surface area contributed by atoms with E-state index in [1.165, 1.54) is 6.07 Å². The number of likely N-dealkylation sites (tertiary alicyclic amines) is 1. The largest absolute Gasteiger partial charge is 0.466 e. The maximum absolute atomic E-state index is 14.7. The third-order valence-corrected chi connectivity index (χ3v) is 7.23. The van der Waals surface area contributed by atoms with E-state index in [-0.39, 0.29) is 41.1 Å². The number of thiol groups is 1. The number of hydrogen-bond donors (Lipinski definition) is 1. The highest BCUT2D eigenvalue weighted by molar-refractivity contribution is 7.81. The molecule has 2 fully saturated rings. The first-order valence-electron chi connectivity index (χ1n) is 12.6. The molecule has 1 saturated carbocycles. The van der Waals surface area contributed by atoms with Crippen molar-refractivity contribution in [3.05, 3.63) is 59.2 Å². The number of halogens is 2. The summed E-state index contributed by atoms with van der Waals surface area (Å²) in [6.07, 6.45) is 8.57. The highest BCUT2D eigenvalue weighted by Crippen LogP contribution is 2.39. The Balaban J connectivity index is 0.00000361. The van der Waals surface area contributed by atoms with Gasteiger partial charge in [0.15, 0.2) is 5.78 Å². The highest BCUT2D eigenvalue weighted by atomic mass is 35.5. The molecule has 6 nitrogen and oxygen atoms in total. The normalized spacial score (nSPS) is 20.1. The number of esters is 1. The summed E-state index contributed by atoms with van der Waals surface area (Å²) >= 11 is 4.79. The Morgan fingerprint density at radius 1 is 1.22 bits per heavy atom. The topological polar surface area (TPSA) is 64.4 Å². The second kappa shape index (κ2) is 13.4. The number of ketones is 1. The van der Waals surface area contributed by atoms with Crippen LogP contribution >= 0.6 is 25.0 Å². The van der Waals surface area contributed by atoms with E-state index in [2.05, 4.69) is 10.00 Å². The minimum atomic E-state index is -0.565. The second-order valence-corrected chi connectivity index (χ2v) is 9.98. The Labute approximate surface area is 224 Å². The number of piperidine rings is 1. The minimum absolute atomic E-state index is 0. The number of Topliss-reactive ketones (excluding diaryl/α,β-unsaturated/α-hetero) is 1. The quantitative estimate of drug-likeness (QED) is 0.241. The number of unbranched alkanes of at least 4 members (excludes halogenated alkanes) is 1. The Morgan fingerprint density at radius 2 is 2.00 bits per heavy atom. The maximum atomic E-state index is 14.7. The van der Waals surface area contributed by atoms with Gasteiger partial charge in [-0.05, 0) is 62.8 Å². The minimum Gasteiger partial charge on any atom is -0.466 e. The summed E-state index contributed by atoms with van der Waals surface area (Å²) in [7, 11) is 0. The summed E-state index contributed by atoms with van der Waals surface area (Å²) in [5, 5.41) is 4.72. The summed E-state index contributed by atoms with van der Waals surface area (Å²) in [6.45, 7) is 4.19. The number of rotatable bonds is 11. The van der Waals surface area contributed by atoms with Crippen LogP contribution in [-0.2, 0) is 20.9 Å². The lowest BCUT2D eigenvalue weighted by atomic mass is 9.93. The third kappa shape index (κ3) is 7.43. The van der Waals surface area contributed by atoms with Gasteiger partial charge in [0.1, 0.15) is 5.82 Å². The standard InChI is InChI=1S/C27H34FN3O3S.ClH/c1-2-34-25(32)9-5-6-14-31-16-12-21(29-31)17-20-18-30(15-13-24(20)35)26(27(33)19-10-11-19)22-7-3-4-8-23(22)28;/h3-4,7-8,12,16-17,19,24,26,35H,2,5-6,9-11,13-15,18H2,1H3;1H/b20-17+;. The van der Waals surface area contributed by atoms with Crippen molar-refractivity contribution < 1.29 is 18.7 Å². The second-order valence-electron chi connectivity index (χ2n) is 9.36. The fourth-order valence-corrected chi connectivity index (χ4v) is 4.89. The van der Waals surface area contributed by atoms with Crippen molar-refractivity contribution in [2.45, 2.75) is 63.3 Å². The van der Waals surface area contributed by atoms with Crippen LogP contribution in [0.3, 0.4) is 0 Å². The molecule has 1 aromatic carbocycles. The molecule has 2 unspecified atom stereocenters. The first-order chi connectivity index (χ1) is 17.0. The molecule has 1 saturated heterocycles. The molecule has 0 N–H and O–H groups in total. The zero-order valence-electron chi connectivity index (χ0n) is 20.6. The molecule has 2 aliphatic rings. The van der Waals surface area contributed by atoms with Crippen molar-refractivity contribution in [2.75, 3.05) is 19.7 Å². The molecule has 2 heterocycles. The van der Waals surface area contributed by atoms with Gasteiger partial charge in [-0.1, -0.05) is 18.2 Å². The van der Waals surface area contributed by atoms with Gasteiger partial charge in [-0.15, -0.1) is 12.4 Å². The lowest BCUT2D eigenvalue weighted by Crippen LogP contribution is -2.42. The van der Waals surface area contributed by atoms with Gasteiger partial charge < -0.3 is 4.74 Å². The van der Waals surface area contributed by atoms with Gasteiger partial charge in [0.05, 0.1) is 18.3 Å². The molecule has 1 aliphatic heterocycles. The summed E-state index contributed by atoms with van der Waals surface area (Å²) in [6, 6.07) is 8.03. The third-order valence-electron chi connectivity index (χ3n) is 6.64. The Morgan fingerprint density at radius 3 is 2.72 bits per heavy atom. The monoisotopic (exact) mass is 535 g/mol. The molecule has 0 amide bonds. The molecule has 9 heteroatoms. The van der Waals surface area contributed by atoms with Crippen molar-refractivity contribution in [3.8, 4) is 0 Å². The van der Waals surface area contributed by atoms with Crippen LogP contribution in [0.15, 0.2) is 42.1 Å². The highest BCUT2D eigenvalue weighted by Gasteiger charge is 2.40. The summed E-state index contributed by atoms with van der Waals surface area (Å²) in [5.41, 5.74) is 2.38.